The molecule has 0 amide bonds. The van der Waals surface area contributed by atoms with E-state index >= 15 is 0 Å². The summed E-state index contributed by atoms with van der Waals surface area (Å²) >= 11 is 0. The molecule has 3 aromatic heterocycles. The maximum atomic E-state index is 15.0. The zero-order valence-electron chi connectivity index (χ0n) is 16.7. The number of fused-ring (bicyclic) bond motifs is 1. The summed E-state index contributed by atoms with van der Waals surface area (Å²) in [5.74, 6) is 0.861. The van der Waals surface area contributed by atoms with Gasteiger partial charge in [-0.3, -0.25) is 0 Å². The molecule has 154 valence electrons. The lowest BCUT2D eigenvalue weighted by atomic mass is 10.1. The molecule has 4 heterocycles. The number of ether oxygens (including phenoxy) is 1. The number of nitrogens with zero attached hydrogens (tertiary/aromatic N) is 5. The third-order valence-corrected chi connectivity index (χ3v) is 5.66. The minimum absolute atomic E-state index is 0.134. The monoisotopic (exact) mass is 407 g/mol. The predicted octanol–water partition coefficient (Wildman–Crippen LogP) is 2.85. The molecule has 2 fully saturated rings. The van der Waals surface area contributed by atoms with E-state index in [1.165, 1.54) is 6.07 Å². The Balaban J connectivity index is 1.59. The number of methoxy groups -OCH3 is 1. The van der Waals surface area contributed by atoms with Crippen LogP contribution in [0, 0.1) is 17.1 Å². The third-order valence-electron chi connectivity index (χ3n) is 5.66. The van der Waals surface area contributed by atoms with E-state index in [0.29, 0.717) is 28.7 Å². The number of rotatable bonds is 5. The molecule has 0 spiro atoms. The summed E-state index contributed by atoms with van der Waals surface area (Å²) in [5, 5.41) is 20.4. The number of aromatic nitrogens is 4. The summed E-state index contributed by atoms with van der Waals surface area (Å²) in [6.45, 7) is 1.76. The highest BCUT2D eigenvalue weighted by molar-refractivity contribution is 5.77. The molecule has 8 nitrogen and oxygen atoms in total. The first-order valence-corrected chi connectivity index (χ1v) is 10.2. The SMILES string of the molecule is COc1cn2ncc(-c3nc(N[C@H]4CCCNC4)c(C#N)cc3F)c2nc1C1CC1. The maximum absolute atomic E-state index is 15.0. The number of nitriles is 1. The summed E-state index contributed by atoms with van der Waals surface area (Å²) < 4.78 is 22.0. The maximum Gasteiger partial charge on any atom is 0.165 e. The molecule has 0 aromatic carbocycles. The Morgan fingerprint density at radius 2 is 2.20 bits per heavy atom. The summed E-state index contributed by atoms with van der Waals surface area (Å²) in [6.07, 6.45) is 7.47. The normalized spacial score (nSPS) is 18.9. The fourth-order valence-corrected chi connectivity index (χ4v) is 3.92. The smallest absolute Gasteiger partial charge is 0.165 e. The Bertz CT molecular complexity index is 1140. The van der Waals surface area contributed by atoms with Crippen LogP contribution in [0.3, 0.4) is 0 Å². The van der Waals surface area contributed by atoms with Crippen LogP contribution in [-0.4, -0.2) is 45.8 Å². The Labute approximate surface area is 173 Å². The van der Waals surface area contributed by atoms with Gasteiger partial charge in [-0.1, -0.05) is 0 Å². The molecule has 0 unspecified atom stereocenters. The molecule has 2 N–H and O–H groups in total. The van der Waals surface area contributed by atoms with Crippen molar-refractivity contribution in [2.45, 2.75) is 37.6 Å². The van der Waals surface area contributed by atoms with E-state index in [0.717, 1.165) is 44.5 Å². The van der Waals surface area contributed by atoms with Crippen molar-refractivity contribution in [2.24, 2.45) is 0 Å². The highest BCUT2D eigenvalue weighted by Crippen LogP contribution is 2.43. The minimum Gasteiger partial charge on any atom is -0.493 e. The van der Waals surface area contributed by atoms with Gasteiger partial charge in [0.25, 0.3) is 0 Å². The van der Waals surface area contributed by atoms with E-state index in [4.69, 9.17) is 9.72 Å². The van der Waals surface area contributed by atoms with Gasteiger partial charge in [0.05, 0.1) is 36.3 Å². The Morgan fingerprint density at radius 1 is 1.33 bits per heavy atom. The van der Waals surface area contributed by atoms with Gasteiger partial charge in [-0.15, -0.1) is 0 Å². The lowest BCUT2D eigenvalue weighted by Crippen LogP contribution is -2.38. The van der Waals surface area contributed by atoms with Crippen molar-refractivity contribution >= 4 is 11.5 Å². The number of nitrogens with one attached hydrogen (secondary N) is 2. The standard InChI is InChI=1S/C21H22FN7O/c1-30-17-11-29-21(28-18(17)12-4-5-12)15(10-25-29)19-16(22)7-13(8-23)20(27-19)26-14-3-2-6-24-9-14/h7,10-12,14,24H,2-6,9H2,1H3,(H,26,27)/t14-/m0/s1. The van der Waals surface area contributed by atoms with Crippen molar-refractivity contribution in [1.82, 2.24) is 24.9 Å². The largest absolute Gasteiger partial charge is 0.493 e. The second-order valence-corrected chi connectivity index (χ2v) is 7.81. The van der Waals surface area contributed by atoms with E-state index in [-0.39, 0.29) is 17.3 Å². The number of hydrogen-bond acceptors (Lipinski definition) is 7. The van der Waals surface area contributed by atoms with Gasteiger partial charge in [0, 0.05) is 18.5 Å². The van der Waals surface area contributed by atoms with Crippen molar-refractivity contribution in [3.05, 3.63) is 35.5 Å². The van der Waals surface area contributed by atoms with Gasteiger partial charge in [0.1, 0.15) is 17.6 Å². The number of piperidine rings is 1. The number of hydrogen-bond donors (Lipinski definition) is 2. The van der Waals surface area contributed by atoms with Crippen molar-refractivity contribution in [3.63, 3.8) is 0 Å². The molecule has 1 saturated carbocycles. The predicted molar refractivity (Wildman–Crippen MR) is 109 cm³/mol. The molecule has 1 aliphatic carbocycles. The van der Waals surface area contributed by atoms with Crippen molar-refractivity contribution < 1.29 is 9.13 Å². The third kappa shape index (κ3) is 3.33. The van der Waals surface area contributed by atoms with Crippen LogP contribution in [0.4, 0.5) is 10.2 Å². The second-order valence-electron chi connectivity index (χ2n) is 7.81. The number of pyridine rings is 1. The topological polar surface area (TPSA) is 100 Å². The fourth-order valence-electron chi connectivity index (χ4n) is 3.92. The molecule has 5 rings (SSSR count). The van der Waals surface area contributed by atoms with E-state index in [1.807, 2.05) is 6.07 Å². The highest BCUT2D eigenvalue weighted by Gasteiger charge is 2.30. The molecule has 1 saturated heterocycles. The lowest BCUT2D eigenvalue weighted by molar-refractivity contribution is 0.403. The second kappa shape index (κ2) is 7.54. The van der Waals surface area contributed by atoms with Gasteiger partial charge in [0.15, 0.2) is 17.2 Å². The van der Waals surface area contributed by atoms with Crippen LogP contribution in [0.2, 0.25) is 0 Å². The molecule has 1 atom stereocenters. The molecule has 30 heavy (non-hydrogen) atoms. The zero-order chi connectivity index (χ0) is 20.7. The molecule has 1 aliphatic heterocycles. The molecule has 0 bridgehead atoms. The van der Waals surface area contributed by atoms with E-state index < -0.39 is 5.82 Å². The van der Waals surface area contributed by atoms with Crippen LogP contribution in [0.1, 0.15) is 42.9 Å². The van der Waals surface area contributed by atoms with Gasteiger partial charge in [-0.05, 0) is 38.3 Å². The molecular weight excluding hydrogens is 385 g/mol. The van der Waals surface area contributed by atoms with Crippen molar-refractivity contribution in [2.75, 3.05) is 25.5 Å². The van der Waals surface area contributed by atoms with Gasteiger partial charge < -0.3 is 15.4 Å². The van der Waals surface area contributed by atoms with E-state index in [2.05, 4.69) is 20.7 Å². The fraction of sp³-hybridized carbons (Fsp3) is 0.429. The van der Waals surface area contributed by atoms with Gasteiger partial charge in [-0.2, -0.15) is 10.4 Å². The van der Waals surface area contributed by atoms with E-state index in [9.17, 15) is 9.65 Å². The van der Waals surface area contributed by atoms with Crippen LogP contribution < -0.4 is 15.4 Å². The average Bonchev–Trinajstić information content (AvgIpc) is 3.54. The molecule has 9 heteroatoms. The first kappa shape index (κ1) is 18.8. The van der Waals surface area contributed by atoms with Crippen LogP contribution in [0.5, 0.6) is 5.75 Å². The molecular formula is C21H22FN7O. The quantitative estimate of drug-likeness (QED) is 0.671. The van der Waals surface area contributed by atoms with Gasteiger partial charge in [-0.25, -0.2) is 18.9 Å². The van der Waals surface area contributed by atoms with Gasteiger partial charge >= 0.3 is 0 Å². The number of anilines is 1. The van der Waals surface area contributed by atoms with Crippen LogP contribution >= 0.6 is 0 Å². The van der Waals surface area contributed by atoms with Gasteiger partial charge in [0.2, 0.25) is 0 Å². The molecule has 0 radical (unpaired) electrons. The van der Waals surface area contributed by atoms with Crippen molar-refractivity contribution in [3.8, 4) is 23.1 Å². The Morgan fingerprint density at radius 3 is 2.90 bits per heavy atom. The van der Waals surface area contributed by atoms with Crippen molar-refractivity contribution in [1.29, 1.82) is 5.26 Å². The first-order valence-electron chi connectivity index (χ1n) is 10.2. The Kier molecular flexibility index (Phi) is 4.71. The summed E-state index contributed by atoms with van der Waals surface area (Å²) in [6, 6.07) is 3.42. The first-order chi connectivity index (χ1) is 14.7. The Hall–Kier alpha value is -3.25. The minimum atomic E-state index is -0.570. The number of halogens is 1. The lowest BCUT2D eigenvalue weighted by Gasteiger charge is -2.24. The summed E-state index contributed by atoms with van der Waals surface area (Å²) in [7, 11) is 1.61. The zero-order valence-corrected chi connectivity index (χ0v) is 16.7. The van der Waals surface area contributed by atoms with Crippen LogP contribution in [0.25, 0.3) is 16.9 Å². The van der Waals surface area contributed by atoms with Crippen LogP contribution in [0.15, 0.2) is 18.5 Å². The average molecular weight is 407 g/mol. The van der Waals surface area contributed by atoms with E-state index in [1.54, 1.807) is 24.0 Å². The summed E-state index contributed by atoms with van der Waals surface area (Å²) in [4.78, 5) is 9.25. The molecule has 2 aliphatic rings. The van der Waals surface area contributed by atoms with Crippen LogP contribution in [-0.2, 0) is 0 Å². The molecule has 3 aromatic rings. The highest BCUT2D eigenvalue weighted by atomic mass is 19.1. The summed E-state index contributed by atoms with van der Waals surface area (Å²) in [5.41, 5.74) is 2.21.